The van der Waals surface area contributed by atoms with Gasteiger partial charge in [0.15, 0.2) is 0 Å². The van der Waals surface area contributed by atoms with Gasteiger partial charge in [0.2, 0.25) is 0 Å². The van der Waals surface area contributed by atoms with Crippen LogP contribution in [0.25, 0.3) is 0 Å². The fraction of sp³-hybridized carbons (Fsp3) is 0.188. The maximum absolute atomic E-state index is 12.0. The number of thiol groups is 1. The minimum atomic E-state index is -0.113. The number of amides is 1. The van der Waals surface area contributed by atoms with Crippen molar-refractivity contribution in [3.8, 4) is 5.75 Å². The van der Waals surface area contributed by atoms with Crippen LogP contribution in [0, 0.1) is 0 Å². The van der Waals surface area contributed by atoms with E-state index < -0.39 is 0 Å². The van der Waals surface area contributed by atoms with E-state index in [2.05, 4.69) is 33.9 Å². The average Bonchev–Trinajstić information content (AvgIpc) is 2.50. The molecule has 0 atom stereocenters. The number of rotatable bonds is 6. The van der Waals surface area contributed by atoms with Gasteiger partial charge in [-0.3, -0.25) is 4.79 Å². The summed E-state index contributed by atoms with van der Waals surface area (Å²) in [6.45, 7) is 1.13. The predicted molar refractivity (Wildman–Crippen MR) is 90.3 cm³/mol. The molecule has 2 aromatic rings. The third-order valence-corrected chi connectivity index (χ3v) is 3.78. The van der Waals surface area contributed by atoms with Crippen LogP contribution in [-0.2, 0) is 0 Å². The number of carbonyl (C=O) groups is 1. The van der Waals surface area contributed by atoms with E-state index in [0.29, 0.717) is 18.7 Å². The summed E-state index contributed by atoms with van der Waals surface area (Å²) in [6, 6.07) is 15.0. The number of benzene rings is 2. The van der Waals surface area contributed by atoms with Crippen molar-refractivity contribution in [2.75, 3.05) is 13.2 Å². The Morgan fingerprint density at radius 3 is 2.71 bits per heavy atom. The van der Waals surface area contributed by atoms with Crippen LogP contribution in [0.5, 0.6) is 5.75 Å². The number of para-hydroxylation sites is 1. The van der Waals surface area contributed by atoms with Crippen molar-refractivity contribution >= 4 is 34.5 Å². The molecule has 21 heavy (non-hydrogen) atoms. The largest absolute Gasteiger partial charge is 0.494 e. The first-order valence-electron chi connectivity index (χ1n) is 6.61. The Hall–Kier alpha value is -1.46. The van der Waals surface area contributed by atoms with Crippen molar-refractivity contribution in [3.63, 3.8) is 0 Å². The van der Waals surface area contributed by atoms with Crippen molar-refractivity contribution in [1.82, 2.24) is 5.32 Å². The highest BCUT2D eigenvalue weighted by atomic mass is 79.9. The number of halogens is 1. The third-order valence-electron chi connectivity index (χ3n) is 2.81. The lowest BCUT2D eigenvalue weighted by atomic mass is 10.2. The fourth-order valence-electron chi connectivity index (χ4n) is 1.76. The van der Waals surface area contributed by atoms with Crippen LogP contribution in [0.4, 0.5) is 0 Å². The predicted octanol–water partition coefficient (Wildman–Crippen LogP) is 3.94. The normalized spacial score (nSPS) is 10.2. The first-order chi connectivity index (χ1) is 10.2. The van der Waals surface area contributed by atoms with Crippen LogP contribution in [0.1, 0.15) is 16.8 Å². The van der Waals surface area contributed by atoms with E-state index in [1.54, 1.807) is 6.07 Å². The van der Waals surface area contributed by atoms with E-state index in [1.807, 2.05) is 42.5 Å². The zero-order valence-corrected chi connectivity index (χ0v) is 13.9. The summed E-state index contributed by atoms with van der Waals surface area (Å²) >= 11 is 7.60. The zero-order chi connectivity index (χ0) is 15.1. The van der Waals surface area contributed by atoms with Gasteiger partial charge in [0.1, 0.15) is 5.75 Å². The molecule has 0 radical (unpaired) electrons. The first-order valence-corrected chi connectivity index (χ1v) is 7.85. The van der Waals surface area contributed by atoms with Crippen molar-refractivity contribution in [3.05, 3.63) is 58.6 Å². The molecule has 0 unspecified atom stereocenters. The molecule has 0 aliphatic rings. The lowest BCUT2D eigenvalue weighted by molar-refractivity contribution is 0.0950. The highest BCUT2D eigenvalue weighted by molar-refractivity contribution is 9.10. The second-order valence-corrected chi connectivity index (χ2v) is 5.81. The summed E-state index contributed by atoms with van der Waals surface area (Å²) in [7, 11) is 0. The minimum absolute atomic E-state index is 0.113. The summed E-state index contributed by atoms with van der Waals surface area (Å²) in [4.78, 5) is 12.8. The van der Waals surface area contributed by atoms with Gasteiger partial charge >= 0.3 is 0 Å². The Bertz CT molecular complexity index is 604. The molecule has 2 aromatic carbocycles. The lowest BCUT2D eigenvalue weighted by Crippen LogP contribution is -2.25. The quantitative estimate of drug-likeness (QED) is 0.601. The smallest absolute Gasteiger partial charge is 0.252 e. The number of carbonyl (C=O) groups excluding carboxylic acids is 1. The Morgan fingerprint density at radius 2 is 1.95 bits per heavy atom. The van der Waals surface area contributed by atoms with E-state index in [-0.39, 0.29) is 5.91 Å². The molecular formula is C16H16BrNO2S. The van der Waals surface area contributed by atoms with Crippen LogP contribution in [0.3, 0.4) is 0 Å². The van der Waals surface area contributed by atoms with Gasteiger partial charge in [-0.1, -0.05) is 18.2 Å². The van der Waals surface area contributed by atoms with Gasteiger partial charge in [-0.2, -0.15) is 0 Å². The molecule has 0 spiro atoms. The van der Waals surface area contributed by atoms with Gasteiger partial charge in [0, 0.05) is 15.9 Å². The summed E-state index contributed by atoms with van der Waals surface area (Å²) in [5, 5.41) is 2.87. The summed E-state index contributed by atoms with van der Waals surface area (Å²) in [5.74, 6) is 0.729. The maximum atomic E-state index is 12.0. The van der Waals surface area contributed by atoms with E-state index in [4.69, 9.17) is 4.74 Å². The summed E-state index contributed by atoms with van der Waals surface area (Å²) in [6.07, 6.45) is 0.749. The molecule has 3 nitrogen and oxygen atoms in total. The SMILES string of the molecule is O=C(NCCCOc1ccccc1)c1cc(S)ccc1Br. The van der Waals surface area contributed by atoms with Gasteiger partial charge in [-0.25, -0.2) is 0 Å². The molecule has 110 valence electrons. The molecule has 0 fully saturated rings. The maximum Gasteiger partial charge on any atom is 0.252 e. The van der Waals surface area contributed by atoms with Crippen molar-refractivity contribution < 1.29 is 9.53 Å². The Labute approximate surface area is 138 Å². The molecule has 1 N–H and O–H groups in total. The van der Waals surface area contributed by atoms with E-state index in [0.717, 1.165) is 21.5 Å². The van der Waals surface area contributed by atoms with Gasteiger partial charge in [-0.15, -0.1) is 12.6 Å². The van der Waals surface area contributed by atoms with Crippen LogP contribution in [-0.4, -0.2) is 19.1 Å². The molecule has 0 heterocycles. The molecule has 0 aliphatic carbocycles. The first kappa shape index (κ1) is 15.9. The van der Waals surface area contributed by atoms with Gasteiger partial charge < -0.3 is 10.1 Å². The fourth-order valence-corrected chi connectivity index (χ4v) is 2.39. The number of hydrogen-bond donors (Lipinski definition) is 2. The minimum Gasteiger partial charge on any atom is -0.494 e. The third kappa shape index (κ3) is 5.10. The molecule has 1 amide bonds. The van der Waals surface area contributed by atoms with Gasteiger partial charge in [-0.05, 0) is 52.7 Å². The Balaban J connectivity index is 1.73. The molecule has 2 rings (SSSR count). The van der Waals surface area contributed by atoms with Crippen LogP contribution >= 0.6 is 28.6 Å². The molecular weight excluding hydrogens is 350 g/mol. The number of nitrogens with one attached hydrogen (secondary N) is 1. The standard InChI is InChI=1S/C16H16BrNO2S/c17-15-8-7-13(21)11-14(15)16(19)18-9-4-10-20-12-5-2-1-3-6-12/h1-3,5-8,11,21H,4,9-10H2,(H,18,19). The van der Waals surface area contributed by atoms with E-state index >= 15 is 0 Å². The van der Waals surface area contributed by atoms with Gasteiger partial charge in [0.25, 0.3) is 5.91 Å². The second kappa shape index (κ2) is 8.10. The second-order valence-electron chi connectivity index (χ2n) is 4.44. The Morgan fingerprint density at radius 1 is 1.19 bits per heavy atom. The average molecular weight is 366 g/mol. The van der Waals surface area contributed by atoms with Crippen LogP contribution in [0.15, 0.2) is 57.9 Å². The highest BCUT2D eigenvalue weighted by Gasteiger charge is 2.09. The topological polar surface area (TPSA) is 38.3 Å². The van der Waals surface area contributed by atoms with E-state index in [1.165, 1.54) is 0 Å². The number of ether oxygens (including phenoxy) is 1. The zero-order valence-electron chi connectivity index (χ0n) is 11.4. The molecule has 0 aliphatic heterocycles. The number of hydrogen-bond acceptors (Lipinski definition) is 3. The van der Waals surface area contributed by atoms with Crippen molar-refractivity contribution in [1.29, 1.82) is 0 Å². The molecule has 0 bridgehead atoms. The monoisotopic (exact) mass is 365 g/mol. The van der Waals surface area contributed by atoms with Crippen molar-refractivity contribution in [2.45, 2.75) is 11.3 Å². The Kier molecular flexibility index (Phi) is 6.14. The van der Waals surface area contributed by atoms with Gasteiger partial charge in [0.05, 0.1) is 12.2 Å². The van der Waals surface area contributed by atoms with E-state index in [9.17, 15) is 4.79 Å². The van der Waals surface area contributed by atoms with Crippen molar-refractivity contribution in [2.24, 2.45) is 0 Å². The molecule has 0 aromatic heterocycles. The summed E-state index contributed by atoms with van der Waals surface area (Å²) in [5.41, 5.74) is 0.589. The molecule has 0 saturated heterocycles. The summed E-state index contributed by atoms with van der Waals surface area (Å²) < 4.78 is 6.33. The lowest BCUT2D eigenvalue weighted by Gasteiger charge is -2.08. The molecule has 0 saturated carbocycles. The van der Waals surface area contributed by atoms with Crippen LogP contribution < -0.4 is 10.1 Å². The van der Waals surface area contributed by atoms with Crippen LogP contribution in [0.2, 0.25) is 0 Å². The highest BCUT2D eigenvalue weighted by Crippen LogP contribution is 2.20. The molecule has 5 heteroatoms.